The Hall–Kier alpha value is -2.89. The third kappa shape index (κ3) is 2.31. The minimum Gasteiger partial charge on any atom is -0.486 e. The number of fused-ring (bicyclic) bond motifs is 1. The van der Waals surface area contributed by atoms with Crippen molar-refractivity contribution in [3.05, 3.63) is 74.7 Å². The summed E-state index contributed by atoms with van der Waals surface area (Å²) in [6.07, 6.45) is 3.18. The topological polar surface area (TPSA) is 74.4 Å². The lowest BCUT2D eigenvalue weighted by molar-refractivity contribution is -0.384. The van der Waals surface area contributed by atoms with Gasteiger partial charge >= 0.3 is 0 Å². The van der Waals surface area contributed by atoms with E-state index in [-0.39, 0.29) is 17.4 Å². The van der Waals surface area contributed by atoms with Crippen LogP contribution in [0.15, 0.2) is 53.5 Å². The Morgan fingerprint density at radius 1 is 1.29 bits per heavy atom. The highest BCUT2D eigenvalue weighted by Gasteiger charge is 2.22. The minimum absolute atomic E-state index is 0.0400. The van der Waals surface area contributed by atoms with Crippen molar-refractivity contribution < 1.29 is 9.66 Å². The Bertz CT molecular complexity index is 807. The number of aromatic nitrogens is 1. The first-order valence-electron chi connectivity index (χ1n) is 6.41. The van der Waals surface area contributed by atoms with Crippen LogP contribution in [0.5, 0.6) is 5.75 Å². The number of hydrogen-bond donors (Lipinski definition) is 0. The van der Waals surface area contributed by atoms with Crippen LogP contribution in [0.4, 0.5) is 5.69 Å². The van der Waals surface area contributed by atoms with Gasteiger partial charge in [0.25, 0.3) is 11.2 Å². The van der Waals surface area contributed by atoms with E-state index in [1.807, 2.05) is 6.92 Å². The molecule has 1 aromatic carbocycles. The second-order valence-corrected chi connectivity index (χ2v) is 4.72. The van der Waals surface area contributed by atoms with Crippen LogP contribution < -0.4 is 10.3 Å². The number of nitrogens with zero attached hydrogens (tertiary/aromatic N) is 2. The first kappa shape index (κ1) is 13.1. The highest BCUT2D eigenvalue weighted by molar-refractivity contribution is 5.74. The minimum atomic E-state index is -0.469. The van der Waals surface area contributed by atoms with E-state index in [2.05, 4.69) is 0 Å². The second kappa shape index (κ2) is 4.90. The van der Waals surface area contributed by atoms with Gasteiger partial charge in [0, 0.05) is 30.0 Å². The van der Waals surface area contributed by atoms with Crippen LogP contribution in [-0.2, 0) is 0 Å². The van der Waals surface area contributed by atoms with E-state index in [4.69, 9.17) is 4.74 Å². The number of rotatable bonds is 2. The van der Waals surface area contributed by atoms with E-state index in [0.29, 0.717) is 17.0 Å². The van der Waals surface area contributed by atoms with E-state index in [1.54, 1.807) is 30.5 Å². The zero-order valence-electron chi connectivity index (χ0n) is 11.2. The molecule has 2 heterocycles. The van der Waals surface area contributed by atoms with Crippen molar-refractivity contribution in [2.24, 2.45) is 0 Å². The first-order valence-corrected chi connectivity index (χ1v) is 6.41. The van der Waals surface area contributed by atoms with Crippen LogP contribution >= 0.6 is 0 Å². The second-order valence-electron chi connectivity index (χ2n) is 4.72. The summed E-state index contributed by atoms with van der Waals surface area (Å²) in [6.45, 7) is 1.85. The van der Waals surface area contributed by atoms with Gasteiger partial charge in [0.15, 0.2) is 0 Å². The molecular formula is C15H12N2O4. The van der Waals surface area contributed by atoms with Crippen LogP contribution in [0.2, 0.25) is 0 Å². The number of nitro benzene ring substituents is 1. The predicted molar refractivity (Wildman–Crippen MR) is 77.3 cm³/mol. The molecule has 6 heteroatoms. The standard InChI is InChI=1S/C15H12N2O4/c1-10-8-13(16-7-3-2-4-15(16)18)12-9-11(17(19)20)5-6-14(12)21-10/h2-10H,1H3. The van der Waals surface area contributed by atoms with Gasteiger partial charge in [-0.15, -0.1) is 0 Å². The summed E-state index contributed by atoms with van der Waals surface area (Å²) in [5, 5.41) is 10.9. The normalized spacial score (nSPS) is 16.6. The molecule has 3 rings (SSSR count). The summed E-state index contributed by atoms with van der Waals surface area (Å²) >= 11 is 0. The zero-order valence-corrected chi connectivity index (χ0v) is 11.2. The average Bonchev–Trinajstić information content (AvgIpc) is 2.46. The Kier molecular flexibility index (Phi) is 3.06. The average molecular weight is 284 g/mol. The van der Waals surface area contributed by atoms with Crippen molar-refractivity contribution in [1.82, 2.24) is 4.57 Å². The summed E-state index contributed by atoms with van der Waals surface area (Å²) < 4.78 is 7.10. The molecule has 0 aliphatic carbocycles. The van der Waals surface area contributed by atoms with Crippen LogP contribution in [-0.4, -0.2) is 15.6 Å². The van der Waals surface area contributed by atoms with Crippen LogP contribution in [0, 0.1) is 10.1 Å². The summed E-state index contributed by atoms with van der Waals surface area (Å²) in [4.78, 5) is 22.5. The maximum absolute atomic E-state index is 12.0. The Morgan fingerprint density at radius 2 is 2.10 bits per heavy atom. The van der Waals surface area contributed by atoms with Crippen LogP contribution in [0.3, 0.4) is 0 Å². The van der Waals surface area contributed by atoms with Crippen molar-refractivity contribution in [3.63, 3.8) is 0 Å². The zero-order chi connectivity index (χ0) is 15.0. The molecule has 1 atom stereocenters. The molecule has 1 aromatic heterocycles. The molecule has 0 fully saturated rings. The van der Waals surface area contributed by atoms with E-state index in [9.17, 15) is 14.9 Å². The molecule has 106 valence electrons. The van der Waals surface area contributed by atoms with E-state index in [1.165, 1.54) is 22.8 Å². The summed E-state index contributed by atoms with van der Waals surface area (Å²) in [7, 11) is 0. The maximum Gasteiger partial charge on any atom is 0.270 e. The van der Waals surface area contributed by atoms with Gasteiger partial charge in [-0.3, -0.25) is 19.5 Å². The molecule has 0 spiro atoms. The number of hydrogen-bond acceptors (Lipinski definition) is 4. The number of nitro groups is 1. The lowest BCUT2D eigenvalue weighted by atomic mass is 10.0. The number of pyridine rings is 1. The molecule has 1 aliphatic rings. The number of benzene rings is 1. The van der Waals surface area contributed by atoms with Gasteiger partial charge in [-0.1, -0.05) is 6.07 Å². The molecule has 21 heavy (non-hydrogen) atoms. The van der Waals surface area contributed by atoms with Gasteiger partial charge in [0.2, 0.25) is 0 Å². The van der Waals surface area contributed by atoms with Crippen molar-refractivity contribution in [1.29, 1.82) is 0 Å². The van der Waals surface area contributed by atoms with Gasteiger partial charge in [-0.2, -0.15) is 0 Å². The van der Waals surface area contributed by atoms with Crippen molar-refractivity contribution >= 4 is 11.4 Å². The Labute approximate surface area is 120 Å². The highest BCUT2D eigenvalue weighted by atomic mass is 16.6. The van der Waals surface area contributed by atoms with Gasteiger partial charge in [0.1, 0.15) is 11.9 Å². The van der Waals surface area contributed by atoms with Gasteiger partial charge < -0.3 is 4.74 Å². The molecule has 0 saturated heterocycles. The quantitative estimate of drug-likeness (QED) is 0.627. The Morgan fingerprint density at radius 3 is 2.81 bits per heavy atom. The molecule has 0 radical (unpaired) electrons. The fraction of sp³-hybridized carbons (Fsp3) is 0.133. The third-order valence-corrected chi connectivity index (χ3v) is 3.24. The molecule has 1 unspecified atom stereocenters. The fourth-order valence-electron chi connectivity index (χ4n) is 2.32. The first-order chi connectivity index (χ1) is 10.1. The third-order valence-electron chi connectivity index (χ3n) is 3.24. The molecule has 0 saturated carbocycles. The molecular weight excluding hydrogens is 272 g/mol. The van der Waals surface area contributed by atoms with E-state index >= 15 is 0 Å². The van der Waals surface area contributed by atoms with Crippen molar-refractivity contribution in [2.45, 2.75) is 13.0 Å². The monoisotopic (exact) mass is 284 g/mol. The van der Waals surface area contributed by atoms with Gasteiger partial charge in [-0.25, -0.2) is 0 Å². The molecule has 1 aliphatic heterocycles. The molecule has 0 bridgehead atoms. The van der Waals surface area contributed by atoms with Crippen molar-refractivity contribution in [2.75, 3.05) is 0 Å². The van der Waals surface area contributed by atoms with Crippen LogP contribution in [0.1, 0.15) is 12.5 Å². The SMILES string of the molecule is CC1C=C(n2ccccc2=O)c2cc([N+](=O)[O-])ccc2O1. The molecule has 0 N–H and O–H groups in total. The Balaban J connectivity index is 2.23. The lowest BCUT2D eigenvalue weighted by Gasteiger charge is -2.23. The molecule has 2 aromatic rings. The summed E-state index contributed by atoms with van der Waals surface area (Å²) in [5.41, 5.74) is 0.894. The largest absolute Gasteiger partial charge is 0.486 e. The maximum atomic E-state index is 12.0. The predicted octanol–water partition coefficient (Wildman–Crippen LogP) is 2.43. The number of ether oxygens (including phenoxy) is 1. The summed E-state index contributed by atoms with van der Waals surface area (Å²) in [5.74, 6) is 0.529. The fourth-order valence-corrected chi connectivity index (χ4v) is 2.32. The molecule has 0 amide bonds. The van der Waals surface area contributed by atoms with E-state index < -0.39 is 4.92 Å². The summed E-state index contributed by atoms with van der Waals surface area (Å²) in [6, 6.07) is 9.20. The van der Waals surface area contributed by atoms with Gasteiger partial charge in [0.05, 0.1) is 10.6 Å². The van der Waals surface area contributed by atoms with E-state index in [0.717, 1.165) is 0 Å². The smallest absolute Gasteiger partial charge is 0.270 e. The van der Waals surface area contributed by atoms with Crippen molar-refractivity contribution in [3.8, 4) is 5.75 Å². The van der Waals surface area contributed by atoms with Gasteiger partial charge in [-0.05, 0) is 25.1 Å². The highest BCUT2D eigenvalue weighted by Crippen LogP contribution is 2.34. The lowest BCUT2D eigenvalue weighted by Crippen LogP contribution is -2.23. The number of non-ortho nitro benzene ring substituents is 1. The molecule has 6 nitrogen and oxygen atoms in total. The van der Waals surface area contributed by atoms with Crippen LogP contribution in [0.25, 0.3) is 5.70 Å².